The lowest BCUT2D eigenvalue weighted by Gasteiger charge is -2.26. The van der Waals surface area contributed by atoms with Gasteiger partial charge in [0.2, 0.25) is 0 Å². The molecule has 1 fully saturated rings. The molecule has 2 heterocycles. The largest absolute Gasteiger partial charge is 0.508 e. The SMILES string of the molecule is CC1Cc2cc(/C(O)=C3/C(=O)C(=O)N(CCCN(C)C)C3c3cccc(O)c3)ccc2O1. The number of ether oxygens (including phenoxy) is 1. The van der Waals surface area contributed by atoms with Crippen molar-refractivity contribution in [2.24, 2.45) is 0 Å². The Labute approximate surface area is 187 Å². The normalized spacial score (nSPS) is 21.8. The molecule has 2 aliphatic rings. The monoisotopic (exact) mass is 436 g/mol. The number of ketones is 1. The van der Waals surface area contributed by atoms with Gasteiger partial charge in [-0.15, -0.1) is 0 Å². The van der Waals surface area contributed by atoms with Gasteiger partial charge in [-0.05, 0) is 75.4 Å². The van der Waals surface area contributed by atoms with E-state index in [1.807, 2.05) is 32.0 Å². The second-order valence-corrected chi connectivity index (χ2v) is 8.70. The number of carbonyl (C=O) groups excluding carboxylic acids is 2. The Hall–Kier alpha value is -3.32. The van der Waals surface area contributed by atoms with Crippen LogP contribution in [-0.4, -0.2) is 65.0 Å². The molecule has 4 rings (SSSR count). The molecule has 2 aromatic rings. The molecule has 0 radical (unpaired) electrons. The van der Waals surface area contributed by atoms with Gasteiger partial charge < -0.3 is 24.7 Å². The summed E-state index contributed by atoms with van der Waals surface area (Å²) in [5.41, 5.74) is 2.04. The molecule has 7 heteroatoms. The predicted molar refractivity (Wildman–Crippen MR) is 121 cm³/mol. The Morgan fingerprint density at radius 1 is 1.19 bits per heavy atom. The number of phenolic OH excluding ortho intramolecular Hbond substituents is 1. The number of nitrogens with zero attached hydrogens (tertiary/aromatic N) is 2. The number of phenols is 1. The van der Waals surface area contributed by atoms with E-state index in [4.69, 9.17) is 4.74 Å². The maximum absolute atomic E-state index is 13.1. The fourth-order valence-corrected chi connectivity index (χ4v) is 4.43. The number of carbonyl (C=O) groups is 2. The quantitative estimate of drug-likeness (QED) is 0.411. The third kappa shape index (κ3) is 4.08. The molecule has 1 saturated heterocycles. The van der Waals surface area contributed by atoms with E-state index in [1.54, 1.807) is 24.3 Å². The van der Waals surface area contributed by atoms with Gasteiger partial charge in [-0.1, -0.05) is 12.1 Å². The zero-order valence-corrected chi connectivity index (χ0v) is 18.5. The maximum Gasteiger partial charge on any atom is 0.295 e. The third-order valence-electron chi connectivity index (χ3n) is 5.90. The van der Waals surface area contributed by atoms with Crippen molar-refractivity contribution in [3.8, 4) is 11.5 Å². The van der Waals surface area contributed by atoms with Gasteiger partial charge >= 0.3 is 0 Å². The molecule has 2 N–H and O–H groups in total. The number of rotatable bonds is 6. The first kappa shape index (κ1) is 21.9. The first-order valence-corrected chi connectivity index (χ1v) is 10.8. The van der Waals surface area contributed by atoms with Crippen LogP contribution in [0.3, 0.4) is 0 Å². The number of aliphatic hydroxyl groups is 1. The summed E-state index contributed by atoms with van der Waals surface area (Å²) < 4.78 is 5.73. The zero-order valence-electron chi connectivity index (χ0n) is 18.5. The summed E-state index contributed by atoms with van der Waals surface area (Å²) in [6.45, 7) is 3.08. The van der Waals surface area contributed by atoms with Gasteiger partial charge in [0.1, 0.15) is 23.4 Å². The van der Waals surface area contributed by atoms with Crippen molar-refractivity contribution in [1.82, 2.24) is 9.80 Å². The lowest BCUT2D eigenvalue weighted by atomic mass is 9.94. The van der Waals surface area contributed by atoms with Crippen LogP contribution in [0.25, 0.3) is 5.76 Å². The maximum atomic E-state index is 13.1. The number of hydrogen-bond donors (Lipinski definition) is 2. The van der Waals surface area contributed by atoms with Crippen LogP contribution in [0.4, 0.5) is 0 Å². The van der Waals surface area contributed by atoms with Crippen LogP contribution in [0.2, 0.25) is 0 Å². The summed E-state index contributed by atoms with van der Waals surface area (Å²) in [6.07, 6.45) is 1.44. The molecule has 0 aliphatic carbocycles. The van der Waals surface area contributed by atoms with E-state index in [1.165, 1.54) is 17.0 Å². The van der Waals surface area contributed by atoms with Gasteiger partial charge in [0.15, 0.2) is 0 Å². The van der Waals surface area contributed by atoms with E-state index in [0.717, 1.165) is 17.9 Å². The second-order valence-electron chi connectivity index (χ2n) is 8.70. The highest BCUT2D eigenvalue weighted by Gasteiger charge is 2.46. The molecular formula is C25H28N2O5. The van der Waals surface area contributed by atoms with Crippen molar-refractivity contribution >= 4 is 17.4 Å². The lowest BCUT2D eigenvalue weighted by Crippen LogP contribution is -2.32. The van der Waals surface area contributed by atoms with E-state index >= 15 is 0 Å². The molecule has 32 heavy (non-hydrogen) atoms. The van der Waals surface area contributed by atoms with Crippen LogP contribution >= 0.6 is 0 Å². The molecular weight excluding hydrogens is 408 g/mol. The highest BCUT2D eigenvalue weighted by Crippen LogP contribution is 2.41. The smallest absolute Gasteiger partial charge is 0.295 e. The van der Waals surface area contributed by atoms with Gasteiger partial charge in [0.05, 0.1) is 11.6 Å². The number of benzene rings is 2. The predicted octanol–water partition coefficient (Wildman–Crippen LogP) is 3.09. The minimum atomic E-state index is -0.771. The summed E-state index contributed by atoms with van der Waals surface area (Å²) in [5.74, 6) is -0.774. The minimum absolute atomic E-state index is 0.0325. The number of aliphatic hydroxyl groups excluding tert-OH is 1. The van der Waals surface area contributed by atoms with E-state index < -0.39 is 17.7 Å². The molecule has 0 saturated carbocycles. The van der Waals surface area contributed by atoms with Crippen LogP contribution in [0.15, 0.2) is 48.0 Å². The third-order valence-corrected chi connectivity index (χ3v) is 5.90. The molecule has 2 unspecified atom stereocenters. The highest BCUT2D eigenvalue weighted by atomic mass is 16.5. The molecule has 0 spiro atoms. The average molecular weight is 437 g/mol. The Morgan fingerprint density at radius 3 is 2.69 bits per heavy atom. The molecule has 2 atom stereocenters. The van der Waals surface area contributed by atoms with Gasteiger partial charge in [-0.2, -0.15) is 0 Å². The summed E-state index contributed by atoms with van der Waals surface area (Å²) in [4.78, 5) is 29.5. The van der Waals surface area contributed by atoms with Gasteiger partial charge in [0.25, 0.3) is 11.7 Å². The standard InChI is InChI=1S/C25H28N2O5/c1-15-12-18-13-17(8-9-20(18)32-15)23(29)21-22(16-6-4-7-19(28)14-16)27(25(31)24(21)30)11-5-10-26(2)3/h4,6-9,13-15,22,28-29H,5,10-12H2,1-3H3/b23-21-. The van der Waals surface area contributed by atoms with E-state index in [2.05, 4.69) is 0 Å². The fraction of sp³-hybridized carbons (Fsp3) is 0.360. The molecule has 0 aromatic heterocycles. The Kier molecular flexibility index (Phi) is 5.93. The lowest BCUT2D eigenvalue weighted by molar-refractivity contribution is -0.139. The Balaban J connectivity index is 1.78. The van der Waals surface area contributed by atoms with Crippen LogP contribution in [0.1, 0.15) is 36.1 Å². The number of amides is 1. The fourth-order valence-electron chi connectivity index (χ4n) is 4.43. The van der Waals surface area contributed by atoms with Gasteiger partial charge in [-0.3, -0.25) is 9.59 Å². The summed E-state index contributed by atoms with van der Waals surface area (Å²) in [6, 6.07) is 11.0. The number of aromatic hydroxyl groups is 1. The van der Waals surface area contributed by atoms with E-state index in [9.17, 15) is 19.8 Å². The number of Topliss-reactive ketones (excluding diaryl/α,β-unsaturated/α-hetero) is 1. The van der Waals surface area contributed by atoms with Crippen molar-refractivity contribution in [1.29, 1.82) is 0 Å². The van der Waals surface area contributed by atoms with Crippen LogP contribution in [0, 0.1) is 0 Å². The highest BCUT2D eigenvalue weighted by molar-refractivity contribution is 6.46. The van der Waals surface area contributed by atoms with Crippen molar-refractivity contribution in [2.75, 3.05) is 27.2 Å². The first-order chi connectivity index (χ1) is 15.3. The summed E-state index contributed by atoms with van der Waals surface area (Å²) in [5, 5.41) is 21.2. The van der Waals surface area contributed by atoms with Crippen molar-refractivity contribution < 1.29 is 24.5 Å². The van der Waals surface area contributed by atoms with Gasteiger partial charge in [0, 0.05) is 18.5 Å². The van der Waals surface area contributed by atoms with Crippen molar-refractivity contribution in [3.63, 3.8) is 0 Å². The minimum Gasteiger partial charge on any atom is -0.508 e. The van der Waals surface area contributed by atoms with Crippen LogP contribution < -0.4 is 4.74 Å². The Morgan fingerprint density at radius 2 is 1.97 bits per heavy atom. The molecule has 0 bridgehead atoms. The molecule has 2 aliphatic heterocycles. The van der Waals surface area contributed by atoms with Crippen LogP contribution in [-0.2, 0) is 16.0 Å². The summed E-state index contributed by atoms with van der Waals surface area (Å²) >= 11 is 0. The molecule has 1 amide bonds. The van der Waals surface area contributed by atoms with E-state index in [-0.39, 0.29) is 23.2 Å². The number of likely N-dealkylation sites (tertiary alicyclic amines) is 1. The molecule has 2 aromatic carbocycles. The van der Waals surface area contributed by atoms with E-state index in [0.29, 0.717) is 30.5 Å². The number of hydrogen-bond acceptors (Lipinski definition) is 6. The van der Waals surface area contributed by atoms with Crippen molar-refractivity contribution in [3.05, 3.63) is 64.7 Å². The topological polar surface area (TPSA) is 90.3 Å². The average Bonchev–Trinajstić information content (AvgIpc) is 3.24. The molecule has 7 nitrogen and oxygen atoms in total. The summed E-state index contributed by atoms with van der Waals surface area (Å²) in [7, 11) is 3.89. The van der Waals surface area contributed by atoms with Crippen molar-refractivity contribution in [2.45, 2.75) is 31.9 Å². The second kappa shape index (κ2) is 8.67. The molecule has 168 valence electrons. The van der Waals surface area contributed by atoms with Crippen LogP contribution in [0.5, 0.6) is 11.5 Å². The number of fused-ring (bicyclic) bond motifs is 1. The van der Waals surface area contributed by atoms with Gasteiger partial charge in [-0.25, -0.2) is 0 Å². The Bertz CT molecular complexity index is 1090. The first-order valence-electron chi connectivity index (χ1n) is 10.8. The zero-order chi connectivity index (χ0) is 23.0.